The second kappa shape index (κ2) is 5.47. The molecule has 0 heterocycles. The normalized spacial score (nSPS) is 28.9. The number of nitrogens with zero attached hydrogens (tertiary/aromatic N) is 1. The summed E-state index contributed by atoms with van der Waals surface area (Å²) in [5, 5.41) is 3.04. The van der Waals surface area contributed by atoms with Crippen LogP contribution < -0.4 is 11.1 Å². The lowest BCUT2D eigenvalue weighted by Gasteiger charge is -2.36. The molecular weight excluding hydrogens is 190 g/mol. The Bertz CT molecular complexity index is 216. The van der Waals surface area contributed by atoms with Gasteiger partial charge in [0.15, 0.2) is 0 Å². The summed E-state index contributed by atoms with van der Waals surface area (Å²) in [6.07, 6.45) is 4.69. The molecule has 2 unspecified atom stereocenters. The van der Waals surface area contributed by atoms with E-state index in [1.807, 2.05) is 0 Å². The van der Waals surface area contributed by atoms with Crippen LogP contribution in [0.5, 0.6) is 0 Å². The third-order valence-corrected chi connectivity index (χ3v) is 3.13. The van der Waals surface area contributed by atoms with Crippen molar-refractivity contribution in [3.63, 3.8) is 0 Å². The van der Waals surface area contributed by atoms with E-state index in [2.05, 4.69) is 24.3 Å². The number of nitrogens with two attached hydrogens (primary N) is 1. The minimum atomic E-state index is -0.408. The predicted molar refractivity (Wildman–Crippen MR) is 61.5 cm³/mol. The maximum absolute atomic E-state index is 11.5. The SMILES string of the molecule is CC(N)C(=O)NC1CCCC[C@@H]1N(C)C. The summed E-state index contributed by atoms with van der Waals surface area (Å²) in [4.78, 5) is 13.7. The van der Waals surface area contributed by atoms with Crippen molar-refractivity contribution in [3.05, 3.63) is 0 Å². The monoisotopic (exact) mass is 213 g/mol. The molecular formula is C11H23N3O. The van der Waals surface area contributed by atoms with Gasteiger partial charge in [-0.1, -0.05) is 12.8 Å². The molecule has 1 saturated carbocycles. The zero-order valence-electron chi connectivity index (χ0n) is 9.99. The Balaban J connectivity index is 2.53. The Morgan fingerprint density at radius 2 is 2.00 bits per heavy atom. The second-order valence-electron chi connectivity index (χ2n) is 4.72. The molecule has 15 heavy (non-hydrogen) atoms. The van der Waals surface area contributed by atoms with Gasteiger partial charge in [-0.3, -0.25) is 4.79 Å². The highest BCUT2D eigenvalue weighted by atomic mass is 16.2. The first-order valence-electron chi connectivity index (χ1n) is 5.74. The van der Waals surface area contributed by atoms with E-state index in [9.17, 15) is 4.79 Å². The first kappa shape index (κ1) is 12.5. The van der Waals surface area contributed by atoms with Gasteiger partial charge >= 0.3 is 0 Å². The summed E-state index contributed by atoms with van der Waals surface area (Å²) >= 11 is 0. The summed E-state index contributed by atoms with van der Waals surface area (Å²) in [7, 11) is 4.14. The standard InChI is InChI=1S/C11H23N3O/c1-8(12)11(15)13-9-6-4-5-7-10(9)14(2)3/h8-10H,4-7,12H2,1-3H3,(H,13,15)/t8?,9?,10-/m0/s1. The lowest BCUT2D eigenvalue weighted by Crippen LogP contribution is -2.54. The van der Waals surface area contributed by atoms with Crippen LogP contribution in [0.3, 0.4) is 0 Å². The van der Waals surface area contributed by atoms with Gasteiger partial charge in [0.2, 0.25) is 5.91 Å². The highest BCUT2D eigenvalue weighted by Gasteiger charge is 2.28. The summed E-state index contributed by atoms with van der Waals surface area (Å²) in [6.45, 7) is 1.73. The van der Waals surface area contributed by atoms with E-state index in [-0.39, 0.29) is 11.9 Å². The molecule has 1 fully saturated rings. The van der Waals surface area contributed by atoms with Crippen molar-refractivity contribution in [2.24, 2.45) is 5.73 Å². The Morgan fingerprint density at radius 1 is 1.40 bits per heavy atom. The van der Waals surface area contributed by atoms with Gasteiger partial charge in [0.1, 0.15) is 0 Å². The first-order valence-corrected chi connectivity index (χ1v) is 5.74. The second-order valence-corrected chi connectivity index (χ2v) is 4.72. The van der Waals surface area contributed by atoms with E-state index < -0.39 is 6.04 Å². The molecule has 0 radical (unpaired) electrons. The molecule has 3 atom stereocenters. The molecule has 1 aliphatic carbocycles. The number of rotatable bonds is 3. The minimum absolute atomic E-state index is 0.0336. The van der Waals surface area contributed by atoms with E-state index >= 15 is 0 Å². The van der Waals surface area contributed by atoms with E-state index in [0.717, 1.165) is 12.8 Å². The van der Waals surface area contributed by atoms with Crippen LogP contribution in [0.1, 0.15) is 32.6 Å². The fourth-order valence-corrected chi connectivity index (χ4v) is 2.21. The molecule has 4 heteroatoms. The summed E-state index contributed by atoms with van der Waals surface area (Å²) in [6, 6.07) is 0.323. The van der Waals surface area contributed by atoms with Crippen LogP contribution in [0.15, 0.2) is 0 Å². The predicted octanol–water partition coefficient (Wildman–Crippen LogP) is 0.323. The lowest BCUT2D eigenvalue weighted by molar-refractivity contribution is -0.123. The van der Waals surface area contributed by atoms with E-state index in [1.54, 1.807) is 6.92 Å². The van der Waals surface area contributed by atoms with Crippen molar-refractivity contribution in [2.75, 3.05) is 14.1 Å². The lowest BCUT2D eigenvalue weighted by atomic mass is 9.89. The number of hydrogen-bond acceptors (Lipinski definition) is 3. The number of amides is 1. The van der Waals surface area contributed by atoms with Crippen LogP contribution >= 0.6 is 0 Å². The zero-order chi connectivity index (χ0) is 11.4. The molecule has 0 aliphatic heterocycles. The van der Waals surface area contributed by atoms with Crippen molar-refractivity contribution in [1.82, 2.24) is 10.2 Å². The van der Waals surface area contributed by atoms with Gasteiger partial charge in [-0.05, 0) is 33.9 Å². The van der Waals surface area contributed by atoms with Gasteiger partial charge in [0.25, 0.3) is 0 Å². The largest absolute Gasteiger partial charge is 0.350 e. The van der Waals surface area contributed by atoms with Crippen molar-refractivity contribution >= 4 is 5.91 Å². The highest BCUT2D eigenvalue weighted by molar-refractivity contribution is 5.81. The molecule has 1 rings (SSSR count). The summed E-state index contributed by atoms with van der Waals surface area (Å²) in [5.41, 5.74) is 5.55. The third kappa shape index (κ3) is 3.47. The highest BCUT2D eigenvalue weighted by Crippen LogP contribution is 2.21. The maximum Gasteiger partial charge on any atom is 0.236 e. The Morgan fingerprint density at radius 3 is 2.53 bits per heavy atom. The molecule has 3 N–H and O–H groups in total. The third-order valence-electron chi connectivity index (χ3n) is 3.13. The molecule has 0 aromatic carbocycles. The molecule has 4 nitrogen and oxygen atoms in total. The molecule has 0 saturated heterocycles. The van der Waals surface area contributed by atoms with Crippen LogP contribution in [0, 0.1) is 0 Å². The number of nitrogens with one attached hydrogen (secondary N) is 1. The Hall–Kier alpha value is -0.610. The molecule has 1 aliphatic rings. The average Bonchev–Trinajstić information content (AvgIpc) is 2.18. The summed E-state index contributed by atoms with van der Waals surface area (Å²) < 4.78 is 0. The number of likely N-dealkylation sites (N-methyl/N-ethyl adjacent to an activating group) is 1. The van der Waals surface area contributed by atoms with Crippen LogP contribution in [0.2, 0.25) is 0 Å². The van der Waals surface area contributed by atoms with Crippen molar-refractivity contribution < 1.29 is 4.79 Å². The molecule has 88 valence electrons. The average molecular weight is 213 g/mol. The number of carbonyl (C=O) groups is 1. The molecule has 0 spiro atoms. The van der Waals surface area contributed by atoms with Crippen LogP contribution in [0.25, 0.3) is 0 Å². The smallest absolute Gasteiger partial charge is 0.236 e. The number of hydrogen-bond donors (Lipinski definition) is 2. The molecule has 0 aromatic heterocycles. The fourth-order valence-electron chi connectivity index (χ4n) is 2.21. The van der Waals surface area contributed by atoms with Gasteiger partial charge in [0, 0.05) is 12.1 Å². The first-order chi connectivity index (χ1) is 7.02. The molecule has 1 amide bonds. The maximum atomic E-state index is 11.5. The van der Waals surface area contributed by atoms with Gasteiger partial charge in [-0.2, -0.15) is 0 Å². The quantitative estimate of drug-likeness (QED) is 0.710. The van der Waals surface area contributed by atoms with Gasteiger partial charge in [-0.15, -0.1) is 0 Å². The van der Waals surface area contributed by atoms with Crippen molar-refractivity contribution in [3.8, 4) is 0 Å². The number of carbonyl (C=O) groups excluding carboxylic acids is 1. The minimum Gasteiger partial charge on any atom is -0.350 e. The zero-order valence-corrected chi connectivity index (χ0v) is 9.99. The van der Waals surface area contributed by atoms with E-state index in [0.29, 0.717) is 6.04 Å². The van der Waals surface area contributed by atoms with Crippen LogP contribution in [-0.2, 0) is 4.79 Å². The Kier molecular flexibility index (Phi) is 4.54. The van der Waals surface area contributed by atoms with Gasteiger partial charge in [0.05, 0.1) is 6.04 Å². The van der Waals surface area contributed by atoms with Crippen LogP contribution in [0.4, 0.5) is 0 Å². The topological polar surface area (TPSA) is 58.4 Å². The molecule has 0 bridgehead atoms. The van der Waals surface area contributed by atoms with Crippen molar-refractivity contribution in [2.45, 2.75) is 50.7 Å². The van der Waals surface area contributed by atoms with Gasteiger partial charge < -0.3 is 16.0 Å². The Labute approximate surface area is 92.2 Å². The van der Waals surface area contributed by atoms with E-state index in [4.69, 9.17) is 5.73 Å². The van der Waals surface area contributed by atoms with Crippen molar-refractivity contribution in [1.29, 1.82) is 0 Å². The van der Waals surface area contributed by atoms with E-state index in [1.165, 1.54) is 12.8 Å². The van der Waals surface area contributed by atoms with Gasteiger partial charge in [-0.25, -0.2) is 0 Å². The van der Waals surface area contributed by atoms with Crippen LogP contribution in [-0.4, -0.2) is 43.0 Å². The summed E-state index contributed by atoms with van der Waals surface area (Å²) in [5.74, 6) is -0.0336. The fraction of sp³-hybridized carbons (Fsp3) is 0.909. The molecule has 0 aromatic rings.